The van der Waals surface area contributed by atoms with Gasteiger partial charge in [0.25, 0.3) is 0 Å². The normalized spacial score (nSPS) is 19.2. The fourth-order valence-corrected chi connectivity index (χ4v) is 2.16. The van der Waals surface area contributed by atoms with Crippen LogP contribution in [-0.2, 0) is 6.54 Å². The Morgan fingerprint density at radius 3 is 2.75 bits per heavy atom. The van der Waals surface area contributed by atoms with Crippen molar-refractivity contribution in [3.05, 3.63) is 23.5 Å². The van der Waals surface area contributed by atoms with Crippen LogP contribution in [0.1, 0.15) is 18.3 Å². The molecule has 0 saturated carbocycles. The van der Waals surface area contributed by atoms with E-state index in [-0.39, 0.29) is 0 Å². The first kappa shape index (κ1) is 11.4. The molecule has 1 saturated heterocycles. The number of methoxy groups -OCH3 is 1. The molecule has 2 heterocycles. The molecule has 1 fully saturated rings. The number of ether oxygens (including phenoxy) is 1. The van der Waals surface area contributed by atoms with E-state index in [1.165, 1.54) is 0 Å². The minimum Gasteiger partial charge on any atom is -0.497 e. The maximum absolute atomic E-state index is 9.63. The Kier molecular flexibility index (Phi) is 2.86. The molecule has 0 aromatic carbocycles. The van der Waals surface area contributed by atoms with Crippen LogP contribution < -0.4 is 4.74 Å². The summed E-state index contributed by atoms with van der Waals surface area (Å²) in [6.07, 6.45) is 0. The van der Waals surface area contributed by atoms with Crippen molar-refractivity contribution in [2.45, 2.75) is 26.0 Å². The predicted octanol–water partition coefficient (Wildman–Crippen LogP) is 0.965. The Morgan fingerprint density at radius 2 is 2.19 bits per heavy atom. The summed E-state index contributed by atoms with van der Waals surface area (Å²) in [4.78, 5) is 6.62. The molecule has 1 aliphatic heterocycles. The van der Waals surface area contributed by atoms with Gasteiger partial charge in [-0.15, -0.1) is 0 Å². The van der Waals surface area contributed by atoms with Gasteiger partial charge in [-0.2, -0.15) is 0 Å². The number of β-amino-alcohol motifs (C(OH)–C–C–N with tert-alkyl or cyclic N) is 1. The second-order valence-corrected chi connectivity index (χ2v) is 4.78. The lowest BCUT2D eigenvalue weighted by molar-refractivity contribution is -0.0875. The fraction of sp³-hybridized carbons (Fsp3) is 0.583. The molecule has 1 aromatic rings. The Morgan fingerprint density at radius 1 is 1.50 bits per heavy atom. The van der Waals surface area contributed by atoms with Crippen LogP contribution in [0, 0.1) is 6.92 Å². The van der Waals surface area contributed by atoms with E-state index in [0.717, 1.165) is 23.7 Å². The van der Waals surface area contributed by atoms with E-state index < -0.39 is 5.60 Å². The maximum Gasteiger partial charge on any atom is 0.122 e. The average Bonchev–Trinajstić information content (AvgIpc) is 2.14. The highest BCUT2D eigenvalue weighted by Crippen LogP contribution is 2.23. The summed E-state index contributed by atoms with van der Waals surface area (Å²) in [6, 6.07) is 3.86. The highest BCUT2D eigenvalue weighted by Gasteiger charge is 2.36. The standard InChI is InChI=1S/C12H18N2O2/c1-9-4-11(16-3)5-10(13-9)6-14-7-12(2,15)8-14/h4-5,15H,6-8H2,1-3H3. The molecule has 0 atom stereocenters. The SMILES string of the molecule is COc1cc(C)nc(CN2CC(C)(O)C2)c1. The first-order valence-electron chi connectivity index (χ1n) is 5.45. The summed E-state index contributed by atoms with van der Waals surface area (Å²) in [5, 5.41) is 9.63. The number of hydrogen-bond donors (Lipinski definition) is 1. The Balaban J connectivity index is 2.02. The van der Waals surface area contributed by atoms with E-state index in [9.17, 15) is 5.11 Å². The minimum atomic E-state index is -0.520. The Hall–Kier alpha value is -1.13. The molecule has 0 bridgehead atoms. The zero-order valence-corrected chi connectivity index (χ0v) is 10.0. The van der Waals surface area contributed by atoms with E-state index in [0.29, 0.717) is 13.1 Å². The number of aliphatic hydroxyl groups is 1. The van der Waals surface area contributed by atoms with Crippen molar-refractivity contribution in [3.63, 3.8) is 0 Å². The molecular weight excluding hydrogens is 204 g/mol. The van der Waals surface area contributed by atoms with Gasteiger partial charge >= 0.3 is 0 Å². The van der Waals surface area contributed by atoms with Gasteiger partial charge in [0, 0.05) is 37.5 Å². The number of pyridine rings is 1. The molecule has 1 N–H and O–H groups in total. The van der Waals surface area contributed by atoms with E-state index in [2.05, 4.69) is 9.88 Å². The molecule has 88 valence electrons. The van der Waals surface area contributed by atoms with Crippen LogP contribution in [-0.4, -0.2) is 40.8 Å². The second kappa shape index (κ2) is 4.03. The highest BCUT2D eigenvalue weighted by atomic mass is 16.5. The molecule has 1 aromatic heterocycles. The van der Waals surface area contributed by atoms with Crippen molar-refractivity contribution in [2.24, 2.45) is 0 Å². The summed E-state index contributed by atoms with van der Waals surface area (Å²) in [7, 11) is 1.66. The summed E-state index contributed by atoms with van der Waals surface area (Å²) >= 11 is 0. The molecule has 4 nitrogen and oxygen atoms in total. The number of hydrogen-bond acceptors (Lipinski definition) is 4. The lowest BCUT2D eigenvalue weighted by Crippen LogP contribution is -2.59. The van der Waals surface area contributed by atoms with Crippen LogP contribution >= 0.6 is 0 Å². The molecule has 0 unspecified atom stereocenters. The van der Waals surface area contributed by atoms with Crippen LogP contribution in [0.15, 0.2) is 12.1 Å². The molecule has 0 amide bonds. The van der Waals surface area contributed by atoms with Crippen molar-refractivity contribution >= 4 is 0 Å². The smallest absolute Gasteiger partial charge is 0.122 e. The first-order chi connectivity index (χ1) is 7.48. The largest absolute Gasteiger partial charge is 0.497 e. The van der Waals surface area contributed by atoms with Crippen molar-refractivity contribution < 1.29 is 9.84 Å². The number of aromatic nitrogens is 1. The van der Waals surface area contributed by atoms with Gasteiger partial charge in [-0.3, -0.25) is 9.88 Å². The summed E-state index contributed by atoms with van der Waals surface area (Å²) in [6.45, 7) is 6.01. The average molecular weight is 222 g/mol. The lowest BCUT2D eigenvalue weighted by Gasteiger charge is -2.44. The number of aryl methyl sites for hydroxylation is 1. The van der Waals surface area contributed by atoms with Crippen molar-refractivity contribution in [1.29, 1.82) is 0 Å². The summed E-state index contributed by atoms with van der Waals surface area (Å²) in [5.74, 6) is 0.842. The van der Waals surface area contributed by atoms with E-state index in [4.69, 9.17) is 4.74 Å². The quantitative estimate of drug-likeness (QED) is 0.827. The molecule has 2 rings (SSSR count). The summed E-state index contributed by atoms with van der Waals surface area (Å²) < 4.78 is 5.20. The van der Waals surface area contributed by atoms with Gasteiger partial charge < -0.3 is 9.84 Å². The van der Waals surface area contributed by atoms with Gasteiger partial charge in [-0.1, -0.05) is 0 Å². The van der Waals surface area contributed by atoms with Gasteiger partial charge in [-0.05, 0) is 13.8 Å². The molecule has 0 radical (unpaired) electrons. The fourth-order valence-electron chi connectivity index (χ4n) is 2.16. The zero-order valence-electron chi connectivity index (χ0n) is 10.0. The third kappa shape index (κ3) is 2.51. The third-order valence-corrected chi connectivity index (χ3v) is 2.73. The second-order valence-electron chi connectivity index (χ2n) is 4.78. The van der Waals surface area contributed by atoms with E-state index in [1.54, 1.807) is 7.11 Å². The lowest BCUT2D eigenvalue weighted by atomic mass is 9.97. The molecule has 0 spiro atoms. The van der Waals surface area contributed by atoms with Crippen LogP contribution in [0.4, 0.5) is 0 Å². The zero-order chi connectivity index (χ0) is 11.8. The summed E-state index contributed by atoms with van der Waals surface area (Å²) in [5.41, 5.74) is 1.43. The van der Waals surface area contributed by atoms with Crippen molar-refractivity contribution in [3.8, 4) is 5.75 Å². The van der Waals surface area contributed by atoms with Crippen LogP contribution in [0.25, 0.3) is 0 Å². The molecule has 0 aliphatic carbocycles. The number of nitrogens with zero attached hydrogens (tertiary/aromatic N) is 2. The Bertz CT molecular complexity index is 383. The van der Waals surface area contributed by atoms with Gasteiger partial charge in [0.1, 0.15) is 5.75 Å². The minimum absolute atomic E-state index is 0.520. The van der Waals surface area contributed by atoms with Crippen LogP contribution in [0.5, 0.6) is 5.75 Å². The van der Waals surface area contributed by atoms with Gasteiger partial charge in [-0.25, -0.2) is 0 Å². The molecule has 1 aliphatic rings. The van der Waals surface area contributed by atoms with E-state index in [1.807, 2.05) is 26.0 Å². The van der Waals surface area contributed by atoms with E-state index >= 15 is 0 Å². The first-order valence-corrected chi connectivity index (χ1v) is 5.45. The monoisotopic (exact) mass is 222 g/mol. The predicted molar refractivity (Wildman–Crippen MR) is 61.4 cm³/mol. The van der Waals surface area contributed by atoms with Gasteiger partial charge in [0.2, 0.25) is 0 Å². The molecule has 4 heteroatoms. The third-order valence-electron chi connectivity index (χ3n) is 2.73. The van der Waals surface area contributed by atoms with Gasteiger partial charge in [0.05, 0.1) is 18.4 Å². The van der Waals surface area contributed by atoms with Crippen molar-refractivity contribution in [2.75, 3.05) is 20.2 Å². The number of likely N-dealkylation sites (tertiary alicyclic amines) is 1. The van der Waals surface area contributed by atoms with Crippen molar-refractivity contribution in [1.82, 2.24) is 9.88 Å². The topological polar surface area (TPSA) is 45.6 Å². The highest BCUT2D eigenvalue weighted by molar-refractivity contribution is 5.26. The Labute approximate surface area is 95.9 Å². The number of rotatable bonds is 3. The van der Waals surface area contributed by atoms with Gasteiger partial charge in [0.15, 0.2) is 0 Å². The van der Waals surface area contributed by atoms with Crippen LogP contribution in [0.2, 0.25) is 0 Å². The van der Waals surface area contributed by atoms with Crippen LogP contribution in [0.3, 0.4) is 0 Å². The molecule has 16 heavy (non-hydrogen) atoms. The maximum atomic E-state index is 9.63. The molecular formula is C12H18N2O2.